The molecule has 7 heteroatoms. The van der Waals surface area contributed by atoms with Crippen molar-refractivity contribution in [2.45, 2.75) is 4.90 Å². The number of hydrogen-bond donors (Lipinski definition) is 2. The number of rotatable bonds is 2. The van der Waals surface area contributed by atoms with Gasteiger partial charge in [0.05, 0.1) is 5.56 Å². The van der Waals surface area contributed by atoms with Crippen LogP contribution in [0.25, 0.3) is 0 Å². The standard InChI is InChI=1S/C5H4O5S2/c6-5(7)3-1-11-2-4(3)12(8,9)10/h1-2H,(H,6,7)(H,8,9,10). The lowest BCUT2D eigenvalue weighted by Crippen LogP contribution is -2.04. The molecule has 0 fully saturated rings. The first-order valence-corrected chi connectivity index (χ1v) is 5.08. The molecular formula is C5H4O5S2. The number of carbonyl (C=O) groups is 1. The fourth-order valence-electron chi connectivity index (χ4n) is 0.641. The molecule has 1 rings (SSSR count). The molecule has 0 saturated carbocycles. The van der Waals surface area contributed by atoms with Crippen molar-refractivity contribution in [3.63, 3.8) is 0 Å². The minimum atomic E-state index is -4.41. The monoisotopic (exact) mass is 208 g/mol. The summed E-state index contributed by atoms with van der Waals surface area (Å²) in [5.74, 6) is -1.37. The number of carboxylic acids is 1. The van der Waals surface area contributed by atoms with Gasteiger partial charge >= 0.3 is 5.97 Å². The molecule has 0 aliphatic carbocycles. The Kier molecular flexibility index (Phi) is 2.18. The van der Waals surface area contributed by atoms with E-state index in [9.17, 15) is 13.2 Å². The van der Waals surface area contributed by atoms with E-state index in [4.69, 9.17) is 9.66 Å². The molecule has 0 radical (unpaired) electrons. The van der Waals surface area contributed by atoms with Crippen molar-refractivity contribution in [1.29, 1.82) is 0 Å². The Morgan fingerprint density at radius 1 is 1.42 bits per heavy atom. The predicted octanol–water partition coefficient (Wildman–Crippen LogP) is 0.693. The van der Waals surface area contributed by atoms with Crippen molar-refractivity contribution in [2.24, 2.45) is 0 Å². The number of thiophene rings is 1. The van der Waals surface area contributed by atoms with E-state index in [-0.39, 0.29) is 0 Å². The summed E-state index contributed by atoms with van der Waals surface area (Å²) < 4.78 is 29.6. The molecule has 0 atom stereocenters. The Morgan fingerprint density at radius 3 is 2.33 bits per heavy atom. The Hall–Kier alpha value is -0.920. The van der Waals surface area contributed by atoms with Crippen LogP contribution in [0.3, 0.4) is 0 Å². The minimum Gasteiger partial charge on any atom is -0.478 e. The van der Waals surface area contributed by atoms with Crippen LogP contribution in [0.5, 0.6) is 0 Å². The summed E-state index contributed by atoms with van der Waals surface area (Å²) in [7, 11) is -4.41. The van der Waals surface area contributed by atoms with Gasteiger partial charge in [-0.05, 0) is 0 Å². The van der Waals surface area contributed by atoms with Gasteiger partial charge in [-0.1, -0.05) is 0 Å². The summed E-state index contributed by atoms with van der Waals surface area (Å²) in [6.07, 6.45) is 0. The van der Waals surface area contributed by atoms with Crippen LogP contribution >= 0.6 is 11.3 Å². The van der Waals surface area contributed by atoms with Crippen molar-refractivity contribution in [3.05, 3.63) is 16.3 Å². The van der Waals surface area contributed by atoms with E-state index in [1.165, 1.54) is 0 Å². The summed E-state index contributed by atoms with van der Waals surface area (Å²) in [6, 6.07) is 0. The lowest BCUT2D eigenvalue weighted by molar-refractivity contribution is 0.0693. The highest BCUT2D eigenvalue weighted by Gasteiger charge is 2.20. The number of aromatic carboxylic acids is 1. The largest absolute Gasteiger partial charge is 0.478 e. The highest BCUT2D eigenvalue weighted by atomic mass is 32.2. The first-order valence-electron chi connectivity index (χ1n) is 2.70. The average molecular weight is 208 g/mol. The lowest BCUT2D eigenvalue weighted by atomic mass is 10.3. The first kappa shape index (κ1) is 9.17. The van der Waals surface area contributed by atoms with Gasteiger partial charge in [-0.2, -0.15) is 19.8 Å². The molecule has 0 aliphatic rings. The molecule has 5 nitrogen and oxygen atoms in total. The van der Waals surface area contributed by atoms with Crippen LogP contribution in [0.1, 0.15) is 10.4 Å². The minimum absolute atomic E-state index is 0.400. The summed E-state index contributed by atoms with van der Waals surface area (Å²) in [5, 5.41) is 10.7. The molecule has 0 unspecified atom stereocenters. The maximum absolute atomic E-state index is 10.5. The van der Waals surface area contributed by atoms with Crippen LogP contribution in [-0.4, -0.2) is 24.0 Å². The second-order valence-electron chi connectivity index (χ2n) is 1.93. The molecule has 0 amide bonds. The van der Waals surface area contributed by atoms with E-state index >= 15 is 0 Å². The van der Waals surface area contributed by atoms with Crippen molar-refractivity contribution >= 4 is 27.4 Å². The summed E-state index contributed by atoms with van der Waals surface area (Å²) >= 11 is 0.901. The Morgan fingerprint density at radius 2 is 2.00 bits per heavy atom. The van der Waals surface area contributed by atoms with Crippen molar-refractivity contribution < 1.29 is 22.9 Å². The van der Waals surface area contributed by atoms with Gasteiger partial charge in [-0.25, -0.2) is 4.79 Å². The molecule has 0 aliphatic heterocycles. The van der Waals surface area contributed by atoms with Gasteiger partial charge in [-0.3, -0.25) is 4.55 Å². The molecule has 0 aromatic carbocycles. The molecule has 0 saturated heterocycles. The molecule has 1 aromatic heterocycles. The van der Waals surface area contributed by atoms with Crippen molar-refractivity contribution in [1.82, 2.24) is 0 Å². The molecule has 1 heterocycles. The molecule has 66 valence electrons. The van der Waals surface area contributed by atoms with Crippen molar-refractivity contribution in [2.75, 3.05) is 0 Å². The molecule has 2 N–H and O–H groups in total. The lowest BCUT2D eigenvalue weighted by Gasteiger charge is -1.93. The molecule has 12 heavy (non-hydrogen) atoms. The van der Waals surface area contributed by atoms with Crippen molar-refractivity contribution in [3.8, 4) is 0 Å². The van der Waals surface area contributed by atoms with Crippen LogP contribution < -0.4 is 0 Å². The van der Waals surface area contributed by atoms with E-state index < -0.39 is 26.5 Å². The maximum Gasteiger partial charge on any atom is 0.337 e. The predicted molar refractivity (Wildman–Crippen MR) is 41.1 cm³/mol. The Labute approximate surface area is 72.0 Å². The fourth-order valence-corrected chi connectivity index (χ4v) is 2.48. The van der Waals surface area contributed by atoms with Gasteiger partial charge < -0.3 is 5.11 Å². The smallest absolute Gasteiger partial charge is 0.337 e. The number of carboxylic acid groups (broad SMARTS) is 1. The van der Waals surface area contributed by atoms with Crippen LogP contribution in [0, 0.1) is 0 Å². The van der Waals surface area contributed by atoms with Gasteiger partial charge in [0.2, 0.25) is 0 Å². The topological polar surface area (TPSA) is 91.7 Å². The summed E-state index contributed by atoms with van der Waals surface area (Å²) in [5.41, 5.74) is -0.400. The fraction of sp³-hybridized carbons (Fsp3) is 0. The Bertz CT molecular complexity index is 401. The van der Waals surface area contributed by atoms with Crippen LogP contribution in [0.15, 0.2) is 15.7 Å². The van der Waals surface area contributed by atoms with Gasteiger partial charge in [0, 0.05) is 10.8 Å². The third-order valence-electron chi connectivity index (χ3n) is 1.13. The highest BCUT2D eigenvalue weighted by Crippen LogP contribution is 2.19. The Balaban J connectivity index is 3.36. The molecule has 0 bridgehead atoms. The second-order valence-corrected chi connectivity index (χ2v) is 4.06. The highest BCUT2D eigenvalue weighted by molar-refractivity contribution is 7.86. The third kappa shape index (κ3) is 1.63. The van der Waals surface area contributed by atoms with Crippen LogP contribution in [0.2, 0.25) is 0 Å². The molecular weight excluding hydrogens is 204 g/mol. The zero-order valence-corrected chi connectivity index (χ0v) is 7.22. The normalized spacial score (nSPS) is 11.4. The molecule has 1 aromatic rings. The van der Waals surface area contributed by atoms with E-state index in [0.29, 0.717) is 0 Å². The van der Waals surface area contributed by atoms with Gasteiger partial charge in [-0.15, -0.1) is 0 Å². The SMILES string of the molecule is O=C(O)c1cscc1S(=O)(=O)O. The maximum atomic E-state index is 10.5. The first-order chi connectivity index (χ1) is 5.43. The average Bonchev–Trinajstić information content (AvgIpc) is 2.30. The van der Waals surface area contributed by atoms with Gasteiger partial charge in [0.15, 0.2) is 0 Å². The van der Waals surface area contributed by atoms with Crippen LogP contribution in [0.4, 0.5) is 0 Å². The van der Waals surface area contributed by atoms with Crippen LogP contribution in [-0.2, 0) is 10.1 Å². The quantitative estimate of drug-likeness (QED) is 0.698. The summed E-state index contributed by atoms with van der Waals surface area (Å²) in [4.78, 5) is 9.81. The van der Waals surface area contributed by atoms with E-state index in [1.807, 2.05) is 0 Å². The van der Waals surface area contributed by atoms with Gasteiger partial charge in [0.25, 0.3) is 10.1 Å². The van der Waals surface area contributed by atoms with E-state index in [0.717, 1.165) is 22.1 Å². The van der Waals surface area contributed by atoms with E-state index in [2.05, 4.69) is 0 Å². The zero-order chi connectivity index (χ0) is 9.35. The van der Waals surface area contributed by atoms with Gasteiger partial charge in [0.1, 0.15) is 4.90 Å². The van der Waals surface area contributed by atoms with E-state index in [1.54, 1.807) is 0 Å². The number of hydrogen-bond acceptors (Lipinski definition) is 4. The third-order valence-corrected chi connectivity index (χ3v) is 2.92. The second kappa shape index (κ2) is 2.85. The molecule has 0 spiro atoms. The summed E-state index contributed by atoms with van der Waals surface area (Å²) in [6.45, 7) is 0. The zero-order valence-electron chi connectivity index (χ0n) is 5.59.